The van der Waals surface area contributed by atoms with Crippen LogP contribution in [0.4, 0.5) is 0 Å². The Labute approximate surface area is 142 Å². The predicted molar refractivity (Wildman–Crippen MR) is 92.0 cm³/mol. The van der Waals surface area contributed by atoms with Crippen LogP contribution in [0.1, 0.15) is 40.0 Å². The molecule has 1 heterocycles. The monoisotopic (exact) mass is 328 g/mol. The van der Waals surface area contributed by atoms with Crippen LogP contribution in [0.3, 0.4) is 0 Å². The van der Waals surface area contributed by atoms with Crippen molar-refractivity contribution in [3.8, 4) is 5.88 Å². The molecule has 2 N–H and O–H groups in total. The quantitative estimate of drug-likeness (QED) is 0.815. The highest BCUT2D eigenvalue weighted by atomic mass is 16.5. The number of carbonyl (C=O) groups excluding carboxylic acids is 1. The lowest BCUT2D eigenvalue weighted by Gasteiger charge is -2.09. The van der Waals surface area contributed by atoms with Crippen LogP contribution in [0.2, 0.25) is 0 Å². The Morgan fingerprint density at radius 3 is 2.88 bits per heavy atom. The van der Waals surface area contributed by atoms with E-state index >= 15 is 0 Å². The lowest BCUT2D eigenvalue weighted by Crippen LogP contribution is -2.25. The summed E-state index contributed by atoms with van der Waals surface area (Å²) in [4.78, 5) is 12.1. The number of amides is 1. The summed E-state index contributed by atoms with van der Waals surface area (Å²) >= 11 is 0. The molecule has 0 saturated heterocycles. The van der Waals surface area contributed by atoms with E-state index in [1.54, 1.807) is 11.8 Å². The van der Waals surface area contributed by atoms with Crippen LogP contribution in [-0.4, -0.2) is 28.8 Å². The van der Waals surface area contributed by atoms with Gasteiger partial charge in [0.1, 0.15) is 0 Å². The summed E-state index contributed by atoms with van der Waals surface area (Å²) in [5.41, 5.74) is 3.82. The summed E-state index contributed by atoms with van der Waals surface area (Å²) < 4.78 is 7.15. The number of carbonyl (C=O) groups is 1. The molecule has 1 aromatic heterocycles. The highest BCUT2D eigenvalue weighted by molar-refractivity contribution is 5.94. The van der Waals surface area contributed by atoms with Crippen molar-refractivity contribution in [3.63, 3.8) is 0 Å². The molecular formula is C18H24N4O2. The second-order valence-corrected chi connectivity index (χ2v) is 6.25. The zero-order valence-electron chi connectivity index (χ0n) is 14.4. The molecule has 0 radical (unpaired) electrons. The number of hydrogen-bond donors (Lipinski definition) is 2. The van der Waals surface area contributed by atoms with Gasteiger partial charge < -0.3 is 15.4 Å². The number of ether oxygens (including phenoxy) is 1. The molecule has 1 amide bonds. The summed E-state index contributed by atoms with van der Waals surface area (Å²) in [7, 11) is 3.53. The van der Waals surface area contributed by atoms with Crippen molar-refractivity contribution < 1.29 is 9.53 Å². The Morgan fingerprint density at radius 1 is 1.38 bits per heavy atom. The third-order valence-corrected chi connectivity index (χ3v) is 4.21. The number of hydrogen-bond acceptors (Lipinski definition) is 4. The van der Waals surface area contributed by atoms with Crippen LogP contribution in [-0.2, 0) is 20.1 Å². The van der Waals surface area contributed by atoms with E-state index in [4.69, 9.17) is 4.74 Å². The number of methoxy groups -OCH3 is 1. The summed E-state index contributed by atoms with van der Waals surface area (Å²) in [5, 5.41) is 10.8. The van der Waals surface area contributed by atoms with E-state index in [2.05, 4.69) is 15.7 Å². The number of aromatic nitrogens is 2. The fourth-order valence-electron chi connectivity index (χ4n) is 2.79. The molecule has 0 spiro atoms. The Kier molecular flexibility index (Phi) is 4.85. The summed E-state index contributed by atoms with van der Waals surface area (Å²) in [5.74, 6) is 0.793. The first kappa shape index (κ1) is 16.5. The first-order valence-electron chi connectivity index (χ1n) is 8.25. The minimum Gasteiger partial charge on any atom is -0.481 e. The van der Waals surface area contributed by atoms with Crippen LogP contribution in [0.25, 0.3) is 0 Å². The van der Waals surface area contributed by atoms with Crippen LogP contribution in [0.5, 0.6) is 5.88 Å². The van der Waals surface area contributed by atoms with E-state index in [0.717, 1.165) is 41.1 Å². The molecule has 0 unspecified atom stereocenters. The Balaban J connectivity index is 1.59. The van der Waals surface area contributed by atoms with Crippen LogP contribution >= 0.6 is 0 Å². The fourth-order valence-corrected chi connectivity index (χ4v) is 2.79. The lowest BCUT2D eigenvalue weighted by molar-refractivity contribution is 0.0951. The van der Waals surface area contributed by atoms with Crippen molar-refractivity contribution >= 4 is 5.91 Å². The molecule has 0 bridgehead atoms. The van der Waals surface area contributed by atoms with Gasteiger partial charge >= 0.3 is 0 Å². The number of benzene rings is 1. The number of aryl methyl sites for hydroxylation is 2. The molecule has 128 valence electrons. The first-order chi connectivity index (χ1) is 11.6. The second kappa shape index (κ2) is 7.05. The normalized spacial score (nSPS) is 13.8. The number of rotatable bonds is 7. The second-order valence-electron chi connectivity index (χ2n) is 6.25. The standard InChI is InChI=1S/C18H24N4O2/c1-12-16(18(24-3)22(2)21-12)11-19-10-13-5-4-6-14(9-13)17(23)20-15-7-8-15/h4-6,9,15,19H,7-8,10-11H2,1-3H3,(H,20,23). The van der Waals surface area contributed by atoms with Gasteiger partial charge in [-0.05, 0) is 37.5 Å². The van der Waals surface area contributed by atoms with Gasteiger partial charge in [-0.15, -0.1) is 0 Å². The van der Waals surface area contributed by atoms with Gasteiger partial charge in [-0.25, -0.2) is 4.68 Å². The van der Waals surface area contributed by atoms with E-state index in [1.165, 1.54) is 0 Å². The Morgan fingerprint density at radius 2 is 2.17 bits per heavy atom. The molecule has 0 aliphatic heterocycles. The number of nitrogens with one attached hydrogen (secondary N) is 2. The average Bonchev–Trinajstić information content (AvgIpc) is 3.33. The van der Waals surface area contributed by atoms with E-state index in [1.807, 2.05) is 38.2 Å². The highest BCUT2D eigenvalue weighted by Crippen LogP contribution is 2.21. The molecule has 6 heteroatoms. The van der Waals surface area contributed by atoms with Gasteiger partial charge in [0.15, 0.2) is 0 Å². The topological polar surface area (TPSA) is 68.2 Å². The molecule has 0 atom stereocenters. The van der Waals surface area contributed by atoms with Gasteiger partial charge in [-0.2, -0.15) is 5.10 Å². The molecule has 6 nitrogen and oxygen atoms in total. The van der Waals surface area contributed by atoms with Crippen LogP contribution < -0.4 is 15.4 Å². The molecular weight excluding hydrogens is 304 g/mol. The van der Waals surface area contributed by atoms with Crippen LogP contribution in [0.15, 0.2) is 24.3 Å². The minimum absolute atomic E-state index is 0.0177. The highest BCUT2D eigenvalue weighted by Gasteiger charge is 2.23. The zero-order chi connectivity index (χ0) is 17.1. The average molecular weight is 328 g/mol. The molecule has 1 aliphatic rings. The van der Waals surface area contributed by atoms with Crippen molar-refractivity contribution in [1.29, 1.82) is 0 Å². The van der Waals surface area contributed by atoms with Gasteiger partial charge in [0, 0.05) is 31.7 Å². The lowest BCUT2D eigenvalue weighted by atomic mass is 10.1. The van der Waals surface area contributed by atoms with Crippen molar-refractivity contribution in [3.05, 3.63) is 46.6 Å². The largest absolute Gasteiger partial charge is 0.481 e. The minimum atomic E-state index is 0.0177. The van der Waals surface area contributed by atoms with Crippen molar-refractivity contribution in [2.45, 2.75) is 38.9 Å². The SMILES string of the molecule is COc1c(CNCc2cccc(C(=O)NC3CC3)c2)c(C)nn1C. The number of nitrogens with zero attached hydrogens (tertiary/aromatic N) is 2. The maximum absolute atomic E-state index is 12.1. The van der Waals surface area contributed by atoms with Crippen LogP contribution in [0, 0.1) is 6.92 Å². The van der Waals surface area contributed by atoms with Gasteiger partial charge in [0.25, 0.3) is 5.91 Å². The fraction of sp³-hybridized carbons (Fsp3) is 0.444. The molecule has 2 aromatic rings. The summed E-state index contributed by atoms with van der Waals surface area (Å²) in [6.45, 7) is 3.33. The third-order valence-electron chi connectivity index (χ3n) is 4.21. The van der Waals surface area contributed by atoms with E-state index < -0.39 is 0 Å². The van der Waals surface area contributed by atoms with E-state index in [9.17, 15) is 4.79 Å². The summed E-state index contributed by atoms with van der Waals surface area (Å²) in [6.07, 6.45) is 2.19. The molecule has 1 saturated carbocycles. The predicted octanol–water partition coefficient (Wildman–Crippen LogP) is 1.92. The Hall–Kier alpha value is -2.34. The van der Waals surface area contributed by atoms with Crippen molar-refractivity contribution in [2.75, 3.05) is 7.11 Å². The smallest absolute Gasteiger partial charge is 0.251 e. The summed E-state index contributed by atoms with van der Waals surface area (Å²) in [6, 6.07) is 8.12. The van der Waals surface area contributed by atoms with Gasteiger partial charge in [0.2, 0.25) is 5.88 Å². The van der Waals surface area contributed by atoms with Gasteiger partial charge in [-0.3, -0.25) is 4.79 Å². The van der Waals surface area contributed by atoms with Crippen molar-refractivity contribution in [1.82, 2.24) is 20.4 Å². The molecule has 1 aromatic carbocycles. The van der Waals surface area contributed by atoms with Gasteiger partial charge in [-0.1, -0.05) is 12.1 Å². The molecule has 24 heavy (non-hydrogen) atoms. The zero-order valence-corrected chi connectivity index (χ0v) is 14.4. The van der Waals surface area contributed by atoms with E-state index in [-0.39, 0.29) is 5.91 Å². The molecule has 1 fully saturated rings. The Bertz CT molecular complexity index is 735. The molecule has 3 rings (SSSR count). The molecule has 1 aliphatic carbocycles. The first-order valence-corrected chi connectivity index (χ1v) is 8.25. The van der Waals surface area contributed by atoms with Crippen molar-refractivity contribution in [2.24, 2.45) is 7.05 Å². The maximum atomic E-state index is 12.1. The van der Waals surface area contributed by atoms with E-state index in [0.29, 0.717) is 19.1 Å². The van der Waals surface area contributed by atoms with Gasteiger partial charge in [0.05, 0.1) is 18.4 Å². The third kappa shape index (κ3) is 3.76. The maximum Gasteiger partial charge on any atom is 0.251 e.